The third kappa shape index (κ3) is 3.75. The van der Waals surface area contributed by atoms with Gasteiger partial charge in [0.05, 0.1) is 10.1 Å². The average Bonchev–Trinajstić information content (AvgIpc) is 2.29. The second-order valence-corrected chi connectivity index (χ2v) is 5.88. The number of carbonyl (C=O) groups is 1. The summed E-state index contributed by atoms with van der Waals surface area (Å²) in [6.07, 6.45) is 0. The molecule has 19 heavy (non-hydrogen) atoms. The van der Waals surface area contributed by atoms with Gasteiger partial charge in [-0.2, -0.15) is 0 Å². The maximum absolute atomic E-state index is 13.4. The molecular formula is C13H15BrFNO3. The second kappa shape index (κ2) is 5.56. The third-order valence-corrected chi connectivity index (χ3v) is 3.69. The number of likely N-dealkylation sites (tertiary alicyclic amines) is 1. The Kier molecular flexibility index (Phi) is 4.23. The van der Waals surface area contributed by atoms with Crippen LogP contribution >= 0.6 is 15.9 Å². The van der Waals surface area contributed by atoms with Crippen LogP contribution in [0.5, 0.6) is 0 Å². The monoisotopic (exact) mass is 331 g/mol. The summed E-state index contributed by atoms with van der Waals surface area (Å²) < 4.78 is 19.1. The topological polar surface area (TPSA) is 49.8 Å². The van der Waals surface area contributed by atoms with E-state index in [-0.39, 0.29) is 12.4 Å². The van der Waals surface area contributed by atoms with Crippen molar-refractivity contribution in [3.05, 3.63) is 34.1 Å². The van der Waals surface area contributed by atoms with Gasteiger partial charge in [0.25, 0.3) is 0 Å². The van der Waals surface area contributed by atoms with Gasteiger partial charge in [0, 0.05) is 19.6 Å². The van der Waals surface area contributed by atoms with Crippen LogP contribution in [0, 0.1) is 5.82 Å². The molecule has 1 aromatic carbocycles. The molecule has 1 aliphatic heterocycles. The number of nitrogens with zero attached hydrogens (tertiary/aromatic N) is 1. The van der Waals surface area contributed by atoms with Gasteiger partial charge in [0.2, 0.25) is 0 Å². The Morgan fingerprint density at radius 3 is 2.84 bits per heavy atom. The molecule has 0 aliphatic carbocycles. The van der Waals surface area contributed by atoms with Gasteiger partial charge in [0.15, 0.2) is 0 Å². The molecule has 1 N–H and O–H groups in total. The molecule has 1 fully saturated rings. The molecule has 0 aromatic heterocycles. The molecule has 6 heteroatoms. The Labute approximate surface area is 119 Å². The van der Waals surface area contributed by atoms with E-state index < -0.39 is 11.6 Å². The van der Waals surface area contributed by atoms with Crippen LogP contribution in [0.2, 0.25) is 0 Å². The highest BCUT2D eigenvalue weighted by molar-refractivity contribution is 9.10. The van der Waals surface area contributed by atoms with Gasteiger partial charge in [-0.1, -0.05) is 6.07 Å². The minimum atomic E-state index is -0.963. The van der Waals surface area contributed by atoms with E-state index in [4.69, 9.17) is 9.84 Å². The lowest BCUT2D eigenvalue weighted by Crippen LogP contribution is -2.61. The predicted octanol–water partition coefficient (Wildman–Crippen LogP) is 2.26. The first kappa shape index (κ1) is 14.4. The lowest BCUT2D eigenvalue weighted by Gasteiger charge is -2.47. The van der Waals surface area contributed by atoms with Gasteiger partial charge in [-0.3, -0.25) is 4.90 Å². The van der Waals surface area contributed by atoms with Crippen molar-refractivity contribution in [3.63, 3.8) is 0 Å². The molecular weight excluding hydrogens is 317 g/mol. The number of halogens is 2. The van der Waals surface area contributed by atoms with Crippen molar-refractivity contribution in [2.24, 2.45) is 0 Å². The summed E-state index contributed by atoms with van der Waals surface area (Å²) in [4.78, 5) is 12.5. The predicted molar refractivity (Wildman–Crippen MR) is 71.4 cm³/mol. The van der Waals surface area contributed by atoms with E-state index in [9.17, 15) is 9.18 Å². The number of benzene rings is 1. The van der Waals surface area contributed by atoms with Gasteiger partial charge < -0.3 is 9.84 Å². The van der Waals surface area contributed by atoms with Crippen LogP contribution in [-0.2, 0) is 16.1 Å². The molecule has 1 saturated heterocycles. The first-order valence-corrected chi connectivity index (χ1v) is 6.69. The highest BCUT2D eigenvalue weighted by Crippen LogP contribution is 2.27. The van der Waals surface area contributed by atoms with Crippen molar-refractivity contribution in [2.75, 3.05) is 19.7 Å². The number of aliphatic carboxylic acids is 1. The molecule has 1 aromatic rings. The fourth-order valence-electron chi connectivity index (χ4n) is 2.23. The maximum Gasteiger partial charge on any atom is 0.329 e. The summed E-state index contributed by atoms with van der Waals surface area (Å²) in [5.41, 5.74) is 0.479. The Morgan fingerprint density at radius 1 is 1.58 bits per heavy atom. The Bertz CT molecular complexity index is 489. The molecule has 0 radical (unpaired) electrons. The zero-order valence-electron chi connectivity index (χ0n) is 10.5. The summed E-state index contributed by atoms with van der Waals surface area (Å²) in [6.45, 7) is 3.54. The van der Waals surface area contributed by atoms with Gasteiger partial charge in [-0.05, 0) is 40.5 Å². The molecule has 0 saturated carbocycles. The zero-order valence-corrected chi connectivity index (χ0v) is 12.1. The SMILES string of the molecule is CC1(OCC(=O)O)CN(Cc2ccc(Br)c(F)c2)C1. The average molecular weight is 332 g/mol. The largest absolute Gasteiger partial charge is 0.480 e. The second-order valence-electron chi connectivity index (χ2n) is 5.03. The third-order valence-electron chi connectivity index (χ3n) is 3.05. The molecule has 0 amide bonds. The number of hydrogen-bond donors (Lipinski definition) is 1. The van der Waals surface area contributed by atoms with Crippen LogP contribution in [0.25, 0.3) is 0 Å². The molecule has 0 atom stereocenters. The fraction of sp³-hybridized carbons (Fsp3) is 0.462. The molecule has 0 unspecified atom stereocenters. The van der Waals surface area contributed by atoms with Gasteiger partial charge >= 0.3 is 5.97 Å². The van der Waals surface area contributed by atoms with Crippen LogP contribution in [-0.4, -0.2) is 41.3 Å². The highest BCUT2D eigenvalue weighted by Gasteiger charge is 2.39. The summed E-state index contributed by atoms with van der Waals surface area (Å²) >= 11 is 3.11. The van der Waals surface area contributed by atoms with E-state index in [1.54, 1.807) is 6.07 Å². The molecule has 0 spiro atoms. The highest BCUT2D eigenvalue weighted by atomic mass is 79.9. The Morgan fingerprint density at radius 2 is 2.26 bits per heavy atom. The Hall–Kier alpha value is -0.980. The van der Waals surface area contributed by atoms with E-state index in [0.29, 0.717) is 24.1 Å². The van der Waals surface area contributed by atoms with Crippen LogP contribution in [0.15, 0.2) is 22.7 Å². The number of carboxylic acids is 1. The lowest BCUT2D eigenvalue weighted by atomic mass is 9.95. The molecule has 2 rings (SSSR count). The van der Waals surface area contributed by atoms with Crippen molar-refractivity contribution in [2.45, 2.75) is 19.1 Å². The van der Waals surface area contributed by atoms with Crippen LogP contribution in [0.3, 0.4) is 0 Å². The molecule has 0 bridgehead atoms. The number of ether oxygens (including phenoxy) is 1. The van der Waals surface area contributed by atoms with E-state index >= 15 is 0 Å². The first-order chi connectivity index (χ1) is 8.88. The summed E-state index contributed by atoms with van der Waals surface area (Å²) in [5.74, 6) is -1.24. The van der Waals surface area contributed by atoms with E-state index in [0.717, 1.165) is 5.56 Å². The first-order valence-electron chi connectivity index (χ1n) is 5.90. The molecule has 4 nitrogen and oxygen atoms in total. The fourth-order valence-corrected chi connectivity index (χ4v) is 2.48. The number of carboxylic acid groups (broad SMARTS) is 1. The zero-order chi connectivity index (χ0) is 14.0. The van der Waals surface area contributed by atoms with Crippen molar-refractivity contribution in [1.29, 1.82) is 0 Å². The Balaban J connectivity index is 1.84. The van der Waals surface area contributed by atoms with Crippen LogP contribution in [0.4, 0.5) is 4.39 Å². The summed E-state index contributed by atoms with van der Waals surface area (Å²) in [5, 5.41) is 8.57. The summed E-state index contributed by atoms with van der Waals surface area (Å²) in [6, 6.07) is 5.04. The van der Waals surface area contributed by atoms with Crippen molar-refractivity contribution < 1.29 is 19.0 Å². The maximum atomic E-state index is 13.4. The van der Waals surface area contributed by atoms with Crippen LogP contribution < -0.4 is 0 Å². The summed E-state index contributed by atoms with van der Waals surface area (Å²) in [7, 11) is 0. The quantitative estimate of drug-likeness (QED) is 0.899. The van der Waals surface area contributed by atoms with E-state index in [2.05, 4.69) is 20.8 Å². The van der Waals surface area contributed by atoms with Crippen molar-refractivity contribution in [3.8, 4) is 0 Å². The molecule has 1 heterocycles. The number of rotatable bonds is 5. The normalized spacial score (nSPS) is 18.1. The van der Waals surface area contributed by atoms with Crippen LogP contribution in [0.1, 0.15) is 12.5 Å². The minimum Gasteiger partial charge on any atom is -0.480 e. The lowest BCUT2D eigenvalue weighted by molar-refractivity contribution is -0.165. The van der Waals surface area contributed by atoms with Gasteiger partial charge in [-0.25, -0.2) is 9.18 Å². The standard InChI is InChI=1S/C13H15BrFNO3/c1-13(19-6-12(17)18)7-16(8-13)5-9-2-3-10(14)11(15)4-9/h2-4H,5-8H2,1H3,(H,17,18). The minimum absolute atomic E-state index is 0.275. The van der Waals surface area contributed by atoms with Crippen molar-refractivity contribution in [1.82, 2.24) is 4.90 Å². The molecule has 104 valence electrons. The van der Waals surface area contributed by atoms with E-state index in [1.165, 1.54) is 6.07 Å². The van der Waals surface area contributed by atoms with Crippen molar-refractivity contribution >= 4 is 21.9 Å². The molecule has 1 aliphatic rings. The van der Waals surface area contributed by atoms with Gasteiger partial charge in [0.1, 0.15) is 12.4 Å². The van der Waals surface area contributed by atoms with Gasteiger partial charge in [-0.15, -0.1) is 0 Å². The smallest absolute Gasteiger partial charge is 0.329 e. The number of hydrogen-bond acceptors (Lipinski definition) is 3. The van der Waals surface area contributed by atoms with E-state index in [1.807, 2.05) is 13.0 Å².